The standard InChI is InChI=1S/C15H26OSi/c1-5-6-7-8-12-17(3,4)15-11-9-10-14(13-15)16-2/h9-11,13H,5-8,12H2,1-4H3. The lowest BCUT2D eigenvalue weighted by Crippen LogP contribution is -2.40. The highest BCUT2D eigenvalue weighted by atomic mass is 28.3. The lowest BCUT2D eigenvalue weighted by molar-refractivity contribution is 0.415. The van der Waals surface area contributed by atoms with Gasteiger partial charge >= 0.3 is 0 Å². The molecule has 0 aromatic heterocycles. The molecular formula is C15H26OSi. The minimum absolute atomic E-state index is 0.997. The van der Waals surface area contributed by atoms with Gasteiger partial charge in [-0.25, -0.2) is 0 Å². The summed E-state index contributed by atoms with van der Waals surface area (Å²) in [7, 11) is 0.488. The van der Waals surface area contributed by atoms with Crippen LogP contribution in [-0.4, -0.2) is 15.2 Å². The van der Waals surface area contributed by atoms with Crippen molar-refractivity contribution in [1.29, 1.82) is 0 Å². The molecule has 2 heteroatoms. The van der Waals surface area contributed by atoms with Crippen LogP contribution in [0.3, 0.4) is 0 Å². The van der Waals surface area contributed by atoms with Gasteiger partial charge in [0.25, 0.3) is 0 Å². The minimum atomic E-state index is -1.26. The second kappa shape index (κ2) is 6.85. The summed E-state index contributed by atoms with van der Waals surface area (Å²) in [5.41, 5.74) is 0. The van der Waals surface area contributed by atoms with Crippen LogP contribution in [0.25, 0.3) is 0 Å². The molecule has 0 radical (unpaired) electrons. The van der Waals surface area contributed by atoms with Crippen LogP contribution in [0.2, 0.25) is 19.1 Å². The summed E-state index contributed by atoms with van der Waals surface area (Å²) in [6.45, 7) is 7.20. The Bertz CT molecular complexity index is 333. The van der Waals surface area contributed by atoms with Crippen LogP contribution in [0.4, 0.5) is 0 Å². The van der Waals surface area contributed by atoms with Crippen LogP contribution in [0.1, 0.15) is 32.6 Å². The molecule has 0 heterocycles. The van der Waals surface area contributed by atoms with Crippen LogP contribution < -0.4 is 9.92 Å². The van der Waals surface area contributed by atoms with Crippen LogP contribution in [0.15, 0.2) is 24.3 Å². The fourth-order valence-corrected chi connectivity index (χ4v) is 4.69. The van der Waals surface area contributed by atoms with Gasteiger partial charge in [-0.1, -0.05) is 69.1 Å². The van der Waals surface area contributed by atoms with Gasteiger partial charge in [0.1, 0.15) is 5.75 Å². The third-order valence-electron chi connectivity index (χ3n) is 3.51. The first-order valence-corrected chi connectivity index (χ1v) is 9.95. The van der Waals surface area contributed by atoms with Gasteiger partial charge in [-0.15, -0.1) is 0 Å². The van der Waals surface area contributed by atoms with Crippen molar-refractivity contribution in [3.8, 4) is 5.75 Å². The monoisotopic (exact) mass is 250 g/mol. The zero-order chi connectivity index (χ0) is 12.7. The van der Waals surface area contributed by atoms with E-state index in [4.69, 9.17) is 4.74 Å². The topological polar surface area (TPSA) is 9.23 Å². The van der Waals surface area contributed by atoms with E-state index in [0.29, 0.717) is 0 Å². The lowest BCUT2D eigenvalue weighted by Gasteiger charge is -2.23. The predicted octanol–water partition coefficient (Wildman–Crippen LogP) is 4.19. The smallest absolute Gasteiger partial charge is 0.118 e. The molecule has 0 saturated carbocycles. The van der Waals surface area contributed by atoms with Gasteiger partial charge in [0.05, 0.1) is 15.2 Å². The molecule has 0 aliphatic rings. The summed E-state index contributed by atoms with van der Waals surface area (Å²) in [6, 6.07) is 10.0. The molecule has 0 bridgehead atoms. The third kappa shape index (κ3) is 4.54. The number of ether oxygens (including phenoxy) is 1. The first-order valence-electron chi connectivity index (χ1n) is 6.74. The second-order valence-electron chi connectivity index (χ2n) is 5.43. The van der Waals surface area contributed by atoms with E-state index in [2.05, 4.69) is 38.2 Å². The van der Waals surface area contributed by atoms with E-state index in [9.17, 15) is 0 Å². The summed E-state index contributed by atoms with van der Waals surface area (Å²) in [5, 5.41) is 1.52. The Morgan fingerprint density at radius 3 is 2.53 bits per heavy atom. The molecule has 0 fully saturated rings. The average Bonchev–Trinajstić information content (AvgIpc) is 2.35. The number of benzene rings is 1. The number of methoxy groups -OCH3 is 1. The molecule has 1 aromatic carbocycles. The van der Waals surface area contributed by atoms with Crippen molar-refractivity contribution in [2.75, 3.05) is 7.11 Å². The van der Waals surface area contributed by atoms with E-state index < -0.39 is 8.07 Å². The zero-order valence-corrected chi connectivity index (χ0v) is 12.8. The first-order chi connectivity index (χ1) is 8.10. The van der Waals surface area contributed by atoms with E-state index in [-0.39, 0.29) is 0 Å². The number of rotatable bonds is 7. The number of unbranched alkanes of at least 4 members (excludes halogenated alkanes) is 3. The summed E-state index contributed by atoms with van der Waals surface area (Å²) < 4.78 is 5.32. The molecule has 0 amide bonds. The summed E-state index contributed by atoms with van der Waals surface area (Å²) in [6.07, 6.45) is 5.46. The first kappa shape index (κ1) is 14.3. The predicted molar refractivity (Wildman–Crippen MR) is 79.1 cm³/mol. The van der Waals surface area contributed by atoms with Crippen LogP contribution in [0, 0.1) is 0 Å². The van der Waals surface area contributed by atoms with E-state index in [1.54, 1.807) is 7.11 Å². The molecule has 96 valence electrons. The van der Waals surface area contributed by atoms with Gasteiger partial charge in [0.2, 0.25) is 0 Å². The van der Waals surface area contributed by atoms with Gasteiger partial charge in [-0.3, -0.25) is 0 Å². The molecule has 0 unspecified atom stereocenters. The maximum Gasteiger partial charge on any atom is 0.118 e. The fourth-order valence-electron chi connectivity index (χ4n) is 2.18. The number of hydrogen-bond acceptors (Lipinski definition) is 1. The molecular weight excluding hydrogens is 224 g/mol. The molecule has 0 atom stereocenters. The molecule has 1 aromatic rings. The van der Waals surface area contributed by atoms with Gasteiger partial charge in [-0.05, 0) is 12.1 Å². The molecule has 0 aliphatic carbocycles. The van der Waals surface area contributed by atoms with Crippen molar-refractivity contribution in [1.82, 2.24) is 0 Å². The highest BCUT2D eigenvalue weighted by molar-refractivity contribution is 6.89. The van der Waals surface area contributed by atoms with Gasteiger partial charge < -0.3 is 4.74 Å². The molecule has 0 aliphatic heterocycles. The van der Waals surface area contributed by atoms with Crippen LogP contribution in [0.5, 0.6) is 5.75 Å². The highest BCUT2D eigenvalue weighted by Crippen LogP contribution is 2.18. The molecule has 0 spiro atoms. The quantitative estimate of drug-likeness (QED) is 0.521. The fraction of sp³-hybridized carbons (Fsp3) is 0.600. The summed E-state index contributed by atoms with van der Waals surface area (Å²) in [5.74, 6) is 0.997. The Kier molecular flexibility index (Phi) is 5.76. The van der Waals surface area contributed by atoms with E-state index in [1.807, 2.05) is 6.07 Å². The second-order valence-corrected chi connectivity index (χ2v) is 10.3. The normalized spacial score (nSPS) is 11.5. The van der Waals surface area contributed by atoms with E-state index >= 15 is 0 Å². The lowest BCUT2D eigenvalue weighted by atomic mass is 10.2. The van der Waals surface area contributed by atoms with Crippen molar-refractivity contribution in [2.45, 2.75) is 51.7 Å². The molecule has 1 rings (SSSR count). The molecule has 1 nitrogen and oxygen atoms in total. The van der Waals surface area contributed by atoms with E-state index in [1.165, 1.54) is 36.9 Å². The van der Waals surface area contributed by atoms with Gasteiger partial charge in [-0.2, -0.15) is 0 Å². The van der Waals surface area contributed by atoms with Crippen LogP contribution >= 0.6 is 0 Å². The Labute approximate surface area is 107 Å². The van der Waals surface area contributed by atoms with Gasteiger partial charge in [0, 0.05) is 0 Å². The average molecular weight is 250 g/mol. The van der Waals surface area contributed by atoms with Crippen molar-refractivity contribution < 1.29 is 4.74 Å². The Hall–Kier alpha value is -0.763. The summed E-state index contributed by atoms with van der Waals surface area (Å²) >= 11 is 0. The Balaban J connectivity index is 2.61. The number of hydrogen-bond donors (Lipinski definition) is 0. The van der Waals surface area contributed by atoms with Crippen LogP contribution in [-0.2, 0) is 0 Å². The minimum Gasteiger partial charge on any atom is -0.497 e. The van der Waals surface area contributed by atoms with Crippen molar-refractivity contribution >= 4 is 13.3 Å². The summed E-state index contributed by atoms with van der Waals surface area (Å²) in [4.78, 5) is 0. The molecule has 17 heavy (non-hydrogen) atoms. The SMILES string of the molecule is CCCCCC[Si](C)(C)c1cccc(OC)c1. The molecule has 0 saturated heterocycles. The highest BCUT2D eigenvalue weighted by Gasteiger charge is 2.22. The van der Waals surface area contributed by atoms with Gasteiger partial charge in [0.15, 0.2) is 0 Å². The Morgan fingerprint density at radius 1 is 1.12 bits per heavy atom. The van der Waals surface area contributed by atoms with Crippen molar-refractivity contribution in [3.05, 3.63) is 24.3 Å². The zero-order valence-electron chi connectivity index (χ0n) is 11.8. The van der Waals surface area contributed by atoms with Crippen molar-refractivity contribution in [2.24, 2.45) is 0 Å². The van der Waals surface area contributed by atoms with E-state index in [0.717, 1.165) is 5.75 Å². The maximum absolute atomic E-state index is 5.32. The maximum atomic E-state index is 5.32. The Morgan fingerprint density at radius 2 is 1.88 bits per heavy atom. The third-order valence-corrected chi connectivity index (χ3v) is 6.98. The van der Waals surface area contributed by atoms with Crippen molar-refractivity contribution in [3.63, 3.8) is 0 Å². The molecule has 0 N–H and O–H groups in total. The largest absolute Gasteiger partial charge is 0.497 e.